The first-order chi connectivity index (χ1) is 6.68. The van der Waals surface area contributed by atoms with E-state index >= 15 is 0 Å². The average Bonchev–Trinajstić information content (AvgIpc) is 2.15. The molecule has 0 aliphatic carbocycles. The molecule has 0 heterocycles. The minimum absolute atomic E-state index is 0.226. The molecule has 1 rings (SSSR count). The first kappa shape index (κ1) is 11.0. The Kier molecular flexibility index (Phi) is 4.46. The second kappa shape index (κ2) is 5.65. The summed E-state index contributed by atoms with van der Waals surface area (Å²) in [6.45, 7) is 0. The van der Waals surface area contributed by atoms with Crippen molar-refractivity contribution in [1.82, 2.24) is 0 Å². The molecule has 0 aliphatic rings. The average molecular weight is 213 g/mol. The fourth-order valence-corrected chi connectivity index (χ4v) is 1.86. The Hall–Kier alpha value is -1.03. The highest BCUT2D eigenvalue weighted by molar-refractivity contribution is 7.98. The summed E-state index contributed by atoms with van der Waals surface area (Å²) in [5.41, 5.74) is 6.05. The standard InChI is InChI=1S/C10H12FNOS/c11-9-3-1-8(2-4-9)7-14-6-5-10(12)13/h1-4H,5-7H2,(H2,12,13). The molecule has 0 saturated heterocycles. The second-order valence-corrected chi connectivity index (χ2v) is 4.00. The fraction of sp³-hybridized carbons (Fsp3) is 0.300. The molecule has 0 saturated carbocycles. The van der Waals surface area contributed by atoms with Crippen LogP contribution in [0.4, 0.5) is 4.39 Å². The number of carbonyl (C=O) groups is 1. The van der Waals surface area contributed by atoms with Gasteiger partial charge in [-0.1, -0.05) is 12.1 Å². The number of amides is 1. The third kappa shape index (κ3) is 4.28. The van der Waals surface area contributed by atoms with Crippen LogP contribution in [0.5, 0.6) is 0 Å². The van der Waals surface area contributed by atoms with Gasteiger partial charge < -0.3 is 5.73 Å². The maximum absolute atomic E-state index is 12.5. The van der Waals surface area contributed by atoms with E-state index in [2.05, 4.69) is 0 Å². The van der Waals surface area contributed by atoms with Crippen molar-refractivity contribution in [2.45, 2.75) is 12.2 Å². The Morgan fingerprint density at radius 1 is 1.36 bits per heavy atom. The van der Waals surface area contributed by atoms with Crippen molar-refractivity contribution in [2.24, 2.45) is 5.73 Å². The first-order valence-electron chi connectivity index (χ1n) is 4.29. The fourth-order valence-electron chi connectivity index (χ4n) is 0.943. The van der Waals surface area contributed by atoms with Gasteiger partial charge in [0.2, 0.25) is 5.91 Å². The van der Waals surface area contributed by atoms with Crippen molar-refractivity contribution in [3.05, 3.63) is 35.6 Å². The Morgan fingerprint density at radius 2 is 2.00 bits per heavy atom. The third-order valence-corrected chi connectivity index (χ3v) is 2.71. The Bertz CT molecular complexity index is 299. The van der Waals surface area contributed by atoms with Crippen molar-refractivity contribution in [3.63, 3.8) is 0 Å². The molecule has 0 bridgehead atoms. The van der Waals surface area contributed by atoms with Gasteiger partial charge in [0.25, 0.3) is 0 Å². The Labute approximate surface area is 86.7 Å². The SMILES string of the molecule is NC(=O)CCSCc1ccc(F)cc1. The Balaban J connectivity index is 2.25. The van der Waals surface area contributed by atoms with Crippen molar-refractivity contribution in [2.75, 3.05) is 5.75 Å². The van der Waals surface area contributed by atoms with Gasteiger partial charge in [-0.25, -0.2) is 4.39 Å². The molecule has 0 atom stereocenters. The molecule has 0 spiro atoms. The summed E-state index contributed by atoms with van der Waals surface area (Å²) in [5, 5.41) is 0. The largest absolute Gasteiger partial charge is 0.370 e. The van der Waals surface area contributed by atoms with Crippen LogP contribution in [0.2, 0.25) is 0 Å². The molecule has 4 heteroatoms. The van der Waals surface area contributed by atoms with Crippen LogP contribution in [0.3, 0.4) is 0 Å². The second-order valence-electron chi connectivity index (χ2n) is 2.90. The van der Waals surface area contributed by atoms with Crippen LogP contribution in [0.1, 0.15) is 12.0 Å². The van der Waals surface area contributed by atoms with Crippen molar-refractivity contribution >= 4 is 17.7 Å². The topological polar surface area (TPSA) is 43.1 Å². The lowest BCUT2D eigenvalue weighted by Gasteiger charge is -2.00. The van der Waals surface area contributed by atoms with Gasteiger partial charge in [-0.05, 0) is 17.7 Å². The van der Waals surface area contributed by atoms with Crippen LogP contribution < -0.4 is 5.73 Å². The lowest BCUT2D eigenvalue weighted by atomic mass is 10.2. The van der Waals surface area contributed by atoms with Crippen LogP contribution in [0, 0.1) is 5.82 Å². The molecule has 0 aromatic heterocycles. The molecule has 0 radical (unpaired) electrons. The van der Waals surface area contributed by atoms with E-state index in [0.717, 1.165) is 11.3 Å². The van der Waals surface area contributed by atoms with E-state index in [9.17, 15) is 9.18 Å². The summed E-state index contributed by atoms with van der Waals surface area (Å²) in [4.78, 5) is 10.4. The van der Waals surface area contributed by atoms with Gasteiger partial charge in [0.15, 0.2) is 0 Å². The first-order valence-corrected chi connectivity index (χ1v) is 5.44. The summed E-state index contributed by atoms with van der Waals surface area (Å²) in [5.74, 6) is 0.993. The van der Waals surface area contributed by atoms with Crippen LogP contribution >= 0.6 is 11.8 Å². The zero-order chi connectivity index (χ0) is 10.4. The van der Waals surface area contributed by atoms with Gasteiger partial charge in [-0.2, -0.15) is 11.8 Å². The van der Waals surface area contributed by atoms with Gasteiger partial charge in [0, 0.05) is 17.9 Å². The predicted molar refractivity (Wildman–Crippen MR) is 56.4 cm³/mol. The van der Waals surface area contributed by atoms with Crippen LogP contribution in [-0.2, 0) is 10.5 Å². The molecule has 0 aliphatic heterocycles. The van der Waals surface area contributed by atoms with Crippen LogP contribution in [-0.4, -0.2) is 11.7 Å². The van der Waals surface area contributed by atoms with E-state index in [0.29, 0.717) is 12.2 Å². The van der Waals surface area contributed by atoms with Gasteiger partial charge in [0.1, 0.15) is 5.82 Å². The van der Waals surface area contributed by atoms with E-state index in [1.165, 1.54) is 12.1 Å². The number of hydrogen-bond donors (Lipinski definition) is 1. The lowest BCUT2D eigenvalue weighted by Crippen LogP contribution is -2.10. The number of primary amides is 1. The number of thioether (sulfide) groups is 1. The molecule has 1 aromatic rings. The summed E-state index contributed by atoms with van der Waals surface area (Å²) >= 11 is 1.62. The highest BCUT2D eigenvalue weighted by Gasteiger charge is 1.96. The number of carbonyl (C=O) groups excluding carboxylic acids is 1. The summed E-state index contributed by atoms with van der Waals surface area (Å²) in [6, 6.07) is 6.35. The van der Waals surface area contributed by atoms with E-state index in [4.69, 9.17) is 5.73 Å². The monoisotopic (exact) mass is 213 g/mol. The predicted octanol–water partition coefficient (Wildman–Crippen LogP) is 1.93. The molecule has 0 fully saturated rings. The van der Waals surface area contributed by atoms with Crippen LogP contribution in [0.25, 0.3) is 0 Å². The smallest absolute Gasteiger partial charge is 0.218 e. The minimum Gasteiger partial charge on any atom is -0.370 e. The van der Waals surface area contributed by atoms with Gasteiger partial charge in [-0.15, -0.1) is 0 Å². The lowest BCUT2D eigenvalue weighted by molar-refractivity contribution is -0.117. The zero-order valence-electron chi connectivity index (χ0n) is 7.70. The Morgan fingerprint density at radius 3 is 2.57 bits per heavy atom. The van der Waals surface area contributed by atoms with E-state index in [1.807, 2.05) is 0 Å². The molecule has 2 nitrogen and oxygen atoms in total. The molecule has 1 amide bonds. The van der Waals surface area contributed by atoms with E-state index < -0.39 is 0 Å². The maximum atomic E-state index is 12.5. The molecular formula is C10H12FNOS. The minimum atomic E-state index is -0.281. The normalized spacial score (nSPS) is 10.1. The van der Waals surface area contributed by atoms with E-state index in [-0.39, 0.29) is 11.7 Å². The quantitative estimate of drug-likeness (QED) is 0.759. The van der Waals surface area contributed by atoms with Crippen molar-refractivity contribution in [1.29, 1.82) is 0 Å². The molecule has 0 unspecified atom stereocenters. The molecular weight excluding hydrogens is 201 g/mol. The number of hydrogen-bond acceptors (Lipinski definition) is 2. The number of benzene rings is 1. The molecule has 14 heavy (non-hydrogen) atoms. The maximum Gasteiger partial charge on any atom is 0.218 e. The summed E-state index contributed by atoms with van der Waals surface area (Å²) < 4.78 is 12.5. The van der Waals surface area contributed by atoms with Crippen molar-refractivity contribution in [3.8, 4) is 0 Å². The molecule has 2 N–H and O–H groups in total. The highest BCUT2D eigenvalue weighted by Crippen LogP contribution is 2.13. The molecule has 76 valence electrons. The van der Waals surface area contributed by atoms with Crippen molar-refractivity contribution < 1.29 is 9.18 Å². The number of rotatable bonds is 5. The van der Waals surface area contributed by atoms with Gasteiger partial charge >= 0.3 is 0 Å². The highest BCUT2D eigenvalue weighted by atomic mass is 32.2. The van der Waals surface area contributed by atoms with Gasteiger partial charge in [-0.3, -0.25) is 4.79 Å². The summed E-state index contributed by atoms with van der Waals surface area (Å²) in [6.07, 6.45) is 0.395. The summed E-state index contributed by atoms with van der Waals surface area (Å²) in [7, 11) is 0. The van der Waals surface area contributed by atoms with Crippen LogP contribution in [0.15, 0.2) is 24.3 Å². The number of nitrogens with two attached hydrogens (primary N) is 1. The third-order valence-electron chi connectivity index (χ3n) is 1.67. The number of halogens is 1. The van der Waals surface area contributed by atoms with E-state index in [1.54, 1.807) is 23.9 Å². The van der Waals surface area contributed by atoms with Gasteiger partial charge in [0.05, 0.1) is 0 Å². The zero-order valence-corrected chi connectivity index (χ0v) is 8.52. The molecule has 1 aromatic carbocycles.